The van der Waals surface area contributed by atoms with Crippen LogP contribution in [0.25, 0.3) is 0 Å². The molecule has 2 saturated heterocycles. The minimum atomic E-state index is -0.0879. The fraction of sp³-hybridized carbons (Fsp3) is 0.783. The number of hydrogen-bond acceptors (Lipinski definition) is 4. The lowest BCUT2D eigenvalue weighted by Crippen LogP contribution is -2.42. The fourth-order valence-electron chi connectivity index (χ4n) is 4.45. The van der Waals surface area contributed by atoms with Gasteiger partial charge in [0.25, 0.3) is 0 Å². The highest BCUT2D eigenvalue weighted by Crippen LogP contribution is 2.54. The number of nitrogens with one attached hydrogen (secondary N) is 3. The molecule has 7 heteroatoms. The van der Waals surface area contributed by atoms with Crippen LogP contribution in [0, 0.1) is 11.8 Å². The van der Waals surface area contributed by atoms with Crippen molar-refractivity contribution in [2.75, 3.05) is 20.1 Å². The Morgan fingerprint density at radius 3 is 2.37 bits per heavy atom. The summed E-state index contributed by atoms with van der Waals surface area (Å²) < 4.78 is 0. The first kappa shape index (κ1) is 24.8. The molecule has 170 valence electrons. The molecule has 4 atom stereocenters. The molecule has 2 bridgehead atoms. The number of thioether (sulfide) groups is 1. The van der Waals surface area contributed by atoms with E-state index < -0.39 is 0 Å². The summed E-state index contributed by atoms with van der Waals surface area (Å²) in [6, 6.07) is 0. The molecule has 3 N–H and O–H groups in total. The van der Waals surface area contributed by atoms with Gasteiger partial charge < -0.3 is 16.0 Å². The highest BCUT2D eigenvalue weighted by molar-refractivity contribution is 8.01. The number of rotatable bonds is 14. The Morgan fingerprint density at radius 2 is 1.63 bits per heavy atom. The molecule has 6 nitrogen and oxygen atoms in total. The largest absolute Gasteiger partial charge is 0.359 e. The lowest BCUT2D eigenvalue weighted by molar-refractivity contribution is -0.126. The maximum absolute atomic E-state index is 12.2. The van der Waals surface area contributed by atoms with Crippen molar-refractivity contribution in [1.29, 1.82) is 0 Å². The Bertz CT molecular complexity index is 596. The van der Waals surface area contributed by atoms with E-state index >= 15 is 0 Å². The molecular weight excluding hydrogens is 398 g/mol. The molecule has 0 saturated carbocycles. The molecule has 30 heavy (non-hydrogen) atoms. The van der Waals surface area contributed by atoms with Gasteiger partial charge in [0.15, 0.2) is 0 Å². The third-order valence-corrected chi connectivity index (χ3v) is 8.08. The van der Waals surface area contributed by atoms with Crippen molar-refractivity contribution in [2.45, 2.75) is 81.6 Å². The molecule has 0 aromatic heterocycles. The minimum absolute atomic E-state index is 0.0338. The van der Waals surface area contributed by atoms with E-state index in [0.29, 0.717) is 41.7 Å². The topological polar surface area (TPSA) is 87.3 Å². The molecule has 2 aliphatic rings. The van der Waals surface area contributed by atoms with Crippen molar-refractivity contribution in [2.24, 2.45) is 11.8 Å². The summed E-state index contributed by atoms with van der Waals surface area (Å²) in [5, 5.41) is 9.78. The molecule has 2 fully saturated rings. The number of carbonyl (C=O) groups excluding carboxylic acids is 3. The number of allylic oxidation sites excluding steroid dienone is 2. The maximum atomic E-state index is 12.2. The summed E-state index contributed by atoms with van der Waals surface area (Å²) in [4.78, 5) is 35.2. The highest BCUT2D eigenvalue weighted by Gasteiger charge is 2.47. The van der Waals surface area contributed by atoms with E-state index in [-0.39, 0.29) is 24.3 Å². The van der Waals surface area contributed by atoms with Crippen LogP contribution in [0.1, 0.15) is 71.1 Å². The van der Waals surface area contributed by atoms with Gasteiger partial charge in [-0.15, -0.1) is 0 Å². The number of fused-ring (bicyclic) bond motifs is 2. The zero-order chi connectivity index (χ0) is 21.8. The quantitative estimate of drug-likeness (QED) is 0.288. The van der Waals surface area contributed by atoms with Gasteiger partial charge in [0.1, 0.15) is 0 Å². The van der Waals surface area contributed by atoms with Crippen molar-refractivity contribution in [3.63, 3.8) is 0 Å². The van der Waals surface area contributed by atoms with Crippen molar-refractivity contribution >= 4 is 29.5 Å². The van der Waals surface area contributed by atoms with Crippen LogP contribution in [0.15, 0.2) is 12.2 Å². The summed E-state index contributed by atoms with van der Waals surface area (Å²) in [5.41, 5.74) is 0. The van der Waals surface area contributed by atoms with Crippen LogP contribution in [-0.2, 0) is 14.4 Å². The van der Waals surface area contributed by atoms with Crippen molar-refractivity contribution in [1.82, 2.24) is 16.0 Å². The minimum Gasteiger partial charge on any atom is -0.359 e. The highest BCUT2D eigenvalue weighted by atomic mass is 32.2. The number of unbranched alkanes of at least 4 members (excludes halogenated alkanes) is 3. The van der Waals surface area contributed by atoms with Crippen molar-refractivity contribution in [3.8, 4) is 0 Å². The van der Waals surface area contributed by atoms with Crippen LogP contribution in [0.4, 0.5) is 0 Å². The summed E-state index contributed by atoms with van der Waals surface area (Å²) in [7, 11) is 1.67. The molecule has 0 radical (unpaired) electrons. The van der Waals surface area contributed by atoms with Gasteiger partial charge >= 0.3 is 0 Å². The van der Waals surface area contributed by atoms with E-state index in [1.165, 1.54) is 12.8 Å². The second kappa shape index (κ2) is 13.7. The van der Waals surface area contributed by atoms with E-state index in [1.807, 2.05) is 0 Å². The van der Waals surface area contributed by atoms with Gasteiger partial charge in [0.2, 0.25) is 17.7 Å². The Morgan fingerprint density at radius 1 is 0.900 bits per heavy atom. The monoisotopic (exact) mass is 437 g/mol. The molecule has 2 aliphatic heterocycles. The SMILES string of the molecule is CCCCCC(=O)NCC(=O)NC[C@@H]1[C@H](C/C=C\CCCC(=O)NC)[C@@H]2CC[C@H]1S2. The lowest BCUT2D eigenvalue weighted by atomic mass is 9.77. The molecule has 3 amide bonds. The summed E-state index contributed by atoms with van der Waals surface area (Å²) in [6.45, 7) is 2.89. The zero-order valence-electron chi connectivity index (χ0n) is 18.6. The van der Waals surface area contributed by atoms with E-state index in [0.717, 1.165) is 38.5 Å². The summed E-state index contributed by atoms with van der Waals surface area (Å²) in [5.74, 6) is 1.09. The molecular formula is C23H39N3O3S. The van der Waals surface area contributed by atoms with Crippen LogP contribution in [0.5, 0.6) is 0 Å². The molecule has 2 rings (SSSR count). The lowest BCUT2D eigenvalue weighted by Gasteiger charge is -2.29. The fourth-order valence-corrected chi connectivity index (χ4v) is 6.46. The number of amides is 3. The van der Waals surface area contributed by atoms with Gasteiger partial charge in [-0.2, -0.15) is 11.8 Å². The second-order valence-electron chi connectivity index (χ2n) is 8.43. The third-order valence-electron chi connectivity index (χ3n) is 6.21. The van der Waals surface area contributed by atoms with E-state index in [4.69, 9.17) is 0 Å². The van der Waals surface area contributed by atoms with Gasteiger partial charge in [-0.3, -0.25) is 14.4 Å². The second-order valence-corrected chi connectivity index (χ2v) is 9.91. The van der Waals surface area contributed by atoms with Crippen molar-refractivity contribution in [3.05, 3.63) is 12.2 Å². The normalized spacial score (nSPS) is 24.9. The molecule has 0 aromatic carbocycles. The average Bonchev–Trinajstić information content (AvgIpc) is 3.35. The number of hydrogen-bond donors (Lipinski definition) is 3. The van der Waals surface area contributed by atoms with Gasteiger partial charge in [0.05, 0.1) is 6.54 Å². The standard InChI is InChI=1S/C23H39N3O3S/c1-3-4-7-12-22(28)26-16-23(29)25-15-18-17(19-13-14-20(18)30-19)10-8-5-6-9-11-21(27)24-2/h5,8,17-20H,3-4,6-7,9-16H2,1-2H3,(H,24,27)(H,25,29)(H,26,28)/b8-5-/t17-,18+,19-,20+/m0/s1. The van der Waals surface area contributed by atoms with Gasteiger partial charge in [-0.25, -0.2) is 0 Å². The predicted molar refractivity (Wildman–Crippen MR) is 123 cm³/mol. The Kier molecular flexibility index (Phi) is 11.3. The van der Waals surface area contributed by atoms with E-state index in [2.05, 4.69) is 46.8 Å². The zero-order valence-corrected chi connectivity index (χ0v) is 19.4. The van der Waals surface area contributed by atoms with Crippen molar-refractivity contribution < 1.29 is 14.4 Å². The first-order valence-corrected chi connectivity index (χ1v) is 12.5. The van der Waals surface area contributed by atoms with E-state index in [9.17, 15) is 14.4 Å². The molecule has 0 unspecified atom stereocenters. The van der Waals surface area contributed by atoms with Crippen LogP contribution >= 0.6 is 11.8 Å². The Hall–Kier alpha value is -1.50. The smallest absolute Gasteiger partial charge is 0.239 e. The first-order valence-electron chi connectivity index (χ1n) is 11.6. The summed E-state index contributed by atoms with van der Waals surface area (Å²) >= 11 is 2.10. The predicted octanol–water partition coefficient (Wildman–Crippen LogP) is 3.17. The first-order chi connectivity index (χ1) is 14.5. The third kappa shape index (κ3) is 8.32. The average molecular weight is 438 g/mol. The van der Waals surface area contributed by atoms with Crippen LogP contribution < -0.4 is 16.0 Å². The molecule has 0 spiro atoms. The molecule has 0 aliphatic carbocycles. The maximum Gasteiger partial charge on any atom is 0.239 e. The van der Waals surface area contributed by atoms with Crippen LogP contribution in [0.2, 0.25) is 0 Å². The molecule has 0 aromatic rings. The Balaban J connectivity index is 1.67. The Labute approximate surface area is 185 Å². The van der Waals surface area contributed by atoms with Gasteiger partial charge in [0, 0.05) is 36.9 Å². The van der Waals surface area contributed by atoms with Crippen LogP contribution in [0.3, 0.4) is 0 Å². The molecule has 2 heterocycles. The van der Waals surface area contributed by atoms with Gasteiger partial charge in [-0.05, 0) is 50.4 Å². The number of carbonyl (C=O) groups is 3. The van der Waals surface area contributed by atoms with E-state index in [1.54, 1.807) is 7.05 Å². The van der Waals surface area contributed by atoms with Gasteiger partial charge in [-0.1, -0.05) is 31.9 Å². The summed E-state index contributed by atoms with van der Waals surface area (Å²) in [6.07, 6.45) is 13.9. The van der Waals surface area contributed by atoms with Crippen LogP contribution in [-0.4, -0.2) is 48.4 Å².